The Kier molecular flexibility index (Phi) is 2.91. The van der Waals surface area contributed by atoms with Gasteiger partial charge in [-0.2, -0.15) is 13.2 Å². The van der Waals surface area contributed by atoms with E-state index in [-0.39, 0.29) is 5.57 Å². The van der Waals surface area contributed by atoms with Crippen molar-refractivity contribution >= 4 is 17.7 Å². The van der Waals surface area contributed by atoms with Crippen LogP contribution in [-0.4, -0.2) is 5.83 Å². The second-order valence-electron chi connectivity index (χ2n) is 3.04. The summed E-state index contributed by atoms with van der Waals surface area (Å²) in [5.41, 5.74) is -0.0277. The highest BCUT2D eigenvalue weighted by molar-refractivity contribution is 6.19. The van der Waals surface area contributed by atoms with E-state index in [2.05, 4.69) is 0 Å². The maximum atomic E-state index is 12.3. The number of hydrogen-bond donors (Lipinski definition) is 0. The van der Waals surface area contributed by atoms with Crippen molar-refractivity contribution in [3.8, 4) is 0 Å². The summed E-state index contributed by atoms with van der Waals surface area (Å²) in [7, 11) is 0. The molecule has 0 radical (unpaired) electrons. The van der Waals surface area contributed by atoms with Gasteiger partial charge < -0.3 is 0 Å². The molecule has 0 amide bonds. The van der Waals surface area contributed by atoms with E-state index in [1.807, 2.05) is 0 Å². The van der Waals surface area contributed by atoms with Crippen LogP contribution < -0.4 is 0 Å². The molecule has 1 rings (SSSR count). The van der Waals surface area contributed by atoms with Gasteiger partial charge in [-0.3, -0.25) is 0 Å². The molecule has 1 aromatic rings. The largest absolute Gasteiger partial charge is 0.416 e. The number of hydrogen-bond acceptors (Lipinski definition) is 0. The number of alkyl halides is 4. The highest BCUT2D eigenvalue weighted by Crippen LogP contribution is 2.29. The van der Waals surface area contributed by atoms with Crippen molar-refractivity contribution in [2.75, 3.05) is 5.83 Å². The van der Waals surface area contributed by atoms with Gasteiger partial charge in [-0.15, -0.1) is 11.6 Å². The summed E-state index contributed by atoms with van der Waals surface area (Å²) in [5.74, 6) is -2.00. The average Bonchev–Trinajstić information content (AvgIpc) is 2.15. The van der Waals surface area contributed by atoms with Crippen LogP contribution in [0.4, 0.5) is 13.2 Å². The minimum Gasteiger partial charge on any atom is -0.166 e. The third-order valence-corrected chi connectivity index (χ3v) is 2.07. The molecule has 0 spiro atoms. The van der Waals surface area contributed by atoms with Crippen molar-refractivity contribution in [2.24, 2.45) is 0 Å². The fourth-order valence-electron chi connectivity index (χ4n) is 1.05. The minimum absolute atomic E-state index is 0.235. The van der Waals surface area contributed by atoms with E-state index in [1.54, 1.807) is 0 Å². The average molecular weight is 237 g/mol. The van der Waals surface area contributed by atoms with Gasteiger partial charge in [-0.05, 0) is 24.6 Å². The Morgan fingerprint density at radius 3 is 2.33 bits per heavy atom. The maximum absolute atomic E-state index is 12.3. The Labute approximate surface area is 94.2 Å². The summed E-state index contributed by atoms with van der Waals surface area (Å²) in [5, 5.41) is 0. The molecule has 0 aliphatic carbocycles. The van der Waals surface area contributed by atoms with E-state index in [1.165, 1.54) is 25.1 Å². The second-order valence-corrected chi connectivity index (χ2v) is 3.23. The SMILES string of the molecule is [2H]C([2H])(Cl)/C(C)=C/c1ccc(C(F)(F)F)cc1. The van der Waals surface area contributed by atoms with Crippen LogP contribution in [0, 0.1) is 0 Å². The summed E-state index contributed by atoms with van der Waals surface area (Å²) in [6.07, 6.45) is -2.95. The summed E-state index contributed by atoms with van der Waals surface area (Å²) >= 11 is 5.42. The van der Waals surface area contributed by atoms with E-state index in [9.17, 15) is 13.2 Å². The van der Waals surface area contributed by atoms with E-state index in [4.69, 9.17) is 14.3 Å². The molecule has 0 bridgehead atoms. The number of allylic oxidation sites excluding steroid dienone is 1. The molecule has 0 aliphatic rings. The lowest BCUT2D eigenvalue weighted by atomic mass is 10.1. The van der Waals surface area contributed by atoms with Gasteiger partial charge in [0.05, 0.1) is 5.56 Å². The summed E-state index contributed by atoms with van der Waals surface area (Å²) in [4.78, 5) is 0. The molecule has 15 heavy (non-hydrogen) atoms. The first-order chi connectivity index (χ1) is 7.60. The topological polar surface area (TPSA) is 0 Å². The van der Waals surface area contributed by atoms with Crippen molar-refractivity contribution in [1.29, 1.82) is 0 Å². The van der Waals surface area contributed by atoms with Crippen LogP contribution in [0.5, 0.6) is 0 Å². The number of halogens is 4. The molecule has 0 unspecified atom stereocenters. The van der Waals surface area contributed by atoms with Crippen molar-refractivity contribution in [3.63, 3.8) is 0 Å². The first-order valence-electron chi connectivity index (χ1n) is 5.15. The highest BCUT2D eigenvalue weighted by atomic mass is 35.5. The van der Waals surface area contributed by atoms with Crippen LogP contribution in [0.25, 0.3) is 6.08 Å². The molecule has 1 aromatic carbocycles. The molecule has 0 saturated carbocycles. The summed E-state index contributed by atoms with van der Waals surface area (Å²) in [6, 6.07) is 4.44. The van der Waals surface area contributed by atoms with Gasteiger partial charge in [-0.25, -0.2) is 0 Å². The fraction of sp³-hybridized carbons (Fsp3) is 0.273. The van der Waals surface area contributed by atoms with Crippen LogP contribution >= 0.6 is 11.6 Å². The Bertz CT molecular complexity index is 416. The quantitative estimate of drug-likeness (QED) is 0.670. The van der Waals surface area contributed by atoms with Crippen molar-refractivity contribution in [1.82, 2.24) is 0 Å². The molecule has 4 heteroatoms. The van der Waals surface area contributed by atoms with Crippen LogP contribution in [0.15, 0.2) is 29.8 Å². The Hall–Kier alpha value is -0.960. The minimum atomic E-state index is -4.36. The van der Waals surface area contributed by atoms with Gasteiger partial charge >= 0.3 is 6.18 Å². The Morgan fingerprint density at radius 1 is 1.40 bits per heavy atom. The van der Waals surface area contributed by atoms with E-state index in [0.29, 0.717) is 5.56 Å². The molecule has 0 fully saturated rings. The standard InChI is InChI=1S/C11H10ClF3/c1-8(7-12)6-9-2-4-10(5-3-9)11(13,14)15/h2-6H,7H2,1H3/b8-6+/i7D2. The van der Waals surface area contributed by atoms with Crippen molar-refractivity contribution in [2.45, 2.75) is 13.1 Å². The highest BCUT2D eigenvalue weighted by Gasteiger charge is 2.29. The zero-order chi connectivity index (χ0) is 13.3. The molecule has 0 aliphatic heterocycles. The molecule has 0 nitrogen and oxygen atoms in total. The molecular formula is C11H10ClF3. The lowest BCUT2D eigenvalue weighted by Gasteiger charge is -2.06. The maximum Gasteiger partial charge on any atom is 0.416 e. The normalized spacial score (nSPS) is 15.9. The first kappa shape index (κ1) is 9.28. The number of rotatable bonds is 2. The molecule has 0 saturated heterocycles. The van der Waals surface area contributed by atoms with E-state index >= 15 is 0 Å². The van der Waals surface area contributed by atoms with Crippen LogP contribution in [0.1, 0.15) is 20.8 Å². The van der Waals surface area contributed by atoms with Crippen LogP contribution in [0.3, 0.4) is 0 Å². The molecule has 0 atom stereocenters. The molecule has 82 valence electrons. The van der Waals surface area contributed by atoms with Gasteiger partial charge in [0.25, 0.3) is 0 Å². The fourth-order valence-corrected chi connectivity index (χ4v) is 1.10. The first-order valence-corrected chi connectivity index (χ1v) is 4.53. The Balaban J connectivity index is 2.97. The molecule has 0 N–H and O–H groups in total. The predicted molar refractivity (Wildman–Crippen MR) is 55.8 cm³/mol. The van der Waals surface area contributed by atoms with Crippen LogP contribution in [0.2, 0.25) is 0 Å². The van der Waals surface area contributed by atoms with E-state index < -0.39 is 17.6 Å². The third-order valence-electron chi connectivity index (χ3n) is 1.77. The smallest absolute Gasteiger partial charge is 0.166 e. The van der Waals surface area contributed by atoms with E-state index in [0.717, 1.165) is 12.1 Å². The number of benzene rings is 1. The van der Waals surface area contributed by atoms with Gasteiger partial charge in [-0.1, -0.05) is 23.8 Å². The molecular weight excluding hydrogens is 225 g/mol. The lowest BCUT2D eigenvalue weighted by molar-refractivity contribution is -0.137. The zero-order valence-electron chi connectivity index (χ0n) is 9.90. The van der Waals surface area contributed by atoms with Crippen LogP contribution in [-0.2, 0) is 6.18 Å². The monoisotopic (exact) mass is 236 g/mol. The van der Waals surface area contributed by atoms with Gasteiger partial charge in [0.1, 0.15) is 0 Å². The Morgan fingerprint density at radius 2 is 1.93 bits per heavy atom. The zero-order valence-corrected chi connectivity index (χ0v) is 8.65. The summed E-state index contributed by atoms with van der Waals surface area (Å²) < 4.78 is 51.2. The molecule has 0 heterocycles. The van der Waals surface area contributed by atoms with Crippen molar-refractivity contribution < 1.29 is 15.9 Å². The predicted octanol–water partition coefficient (Wildman–Crippen LogP) is 4.35. The van der Waals surface area contributed by atoms with Gasteiger partial charge in [0.2, 0.25) is 0 Å². The van der Waals surface area contributed by atoms with Gasteiger partial charge in [0, 0.05) is 8.57 Å². The van der Waals surface area contributed by atoms with Gasteiger partial charge in [0.15, 0.2) is 0 Å². The second kappa shape index (κ2) is 4.71. The van der Waals surface area contributed by atoms with Crippen molar-refractivity contribution in [3.05, 3.63) is 41.0 Å². The third kappa shape index (κ3) is 3.59. The summed E-state index contributed by atoms with van der Waals surface area (Å²) in [6.45, 7) is 1.48. The molecule has 0 aromatic heterocycles. The lowest BCUT2D eigenvalue weighted by Crippen LogP contribution is -2.03.